The van der Waals surface area contributed by atoms with Crippen LogP contribution in [0.2, 0.25) is 0 Å². The van der Waals surface area contributed by atoms with Crippen LogP contribution in [-0.2, 0) is 6.54 Å². The van der Waals surface area contributed by atoms with E-state index in [1.165, 1.54) is 5.56 Å². The fourth-order valence-electron chi connectivity index (χ4n) is 2.54. The van der Waals surface area contributed by atoms with E-state index in [9.17, 15) is 0 Å². The van der Waals surface area contributed by atoms with Gasteiger partial charge in [-0.05, 0) is 17.9 Å². The van der Waals surface area contributed by atoms with Crippen molar-refractivity contribution >= 4 is 0 Å². The highest BCUT2D eigenvalue weighted by Crippen LogP contribution is 2.21. The molecule has 1 aromatic rings. The Balaban J connectivity index is 2.07. The molecule has 94 valence electrons. The standard InChI is InChI=1S/C15H24N2/c1-13-9-16-11-15(2,3)12-17(13)10-14-7-5-4-6-8-14/h4-8,13,16H,9-12H2,1-3H3. The predicted octanol–water partition coefficient (Wildman–Crippen LogP) is 2.51. The number of benzene rings is 1. The van der Waals surface area contributed by atoms with E-state index >= 15 is 0 Å². The zero-order valence-corrected chi connectivity index (χ0v) is 11.2. The Morgan fingerprint density at radius 3 is 2.71 bits per heavy atom. The van der Waals surface area contributed by atoms with Gasteiger partial charge in [-0.25, -0.2) is 0 Å². The number of nitrogens with one attached hydrogen (secondary N) is 1. The highest BCUT2D eigenvalue weighted by Gasteiger charge is 2.27. The zero-order valence-electron chi connectivity index (χ0n) is 11.2. The van der Waals surface area contributed by atoms with Crippen molar-refractivity contribution in [2.45, 2.75) is 33.4 Å². The van der Waals surface area contributed by atoms with Crippen molar-refractivity contribution in [3.63, 3.8) is 0 Å². The second-order valence-corrected chi connectivity index (χ2v) is 6.03. The van der Waals surface area contributed by atoms with Crippen molar-refractivity contribution in [1.82, 2.24) is 10.2 Å². The minimum Gasteiger partial charge on any atom is -0.315 e. The van der Waals surface area contributed by atoms with E-state index < -0.39 is 0 Å². The summed E-state index contributed by atoms with van der Waals surface area (Å²) in [5.41, 5.74) is 1.77. The Labute approximate surface area is 105 Å². The first-order valence-electron chi connectivity index (χ1n) is 6.55. The monoisotopic (exact) mass is 232 g/mol. The molecule has 1 fully saturated rings. The van der Waals surface area contributed by atoms with Gasteiger partial charge >= 0.3 is 0 Å². The summed E-state index contributed by atoms with van der Waals surface area (Å²) < 4.78 is 0. The zero-order chi connectivity index (χ0) is 12.3. The van der Waals surface area contributed by atoms with Crippen LogP contribution in [0.5, 0.6) is 0 Å². The maximum atomic E-state index is 3.56. The first kappa shape index (κ1) is 12.6. The molecule has 1 atom stereocenters. The van der Waals surface area contributed by atoms with Crippen LogP contribution in [0.25, 0.3) is 0 Å². The van der Waals surface area contributed by atoms with E-state index in [-0.39, 0.29) is 0 Å². The van der Waals surface area contributed by atoms with Crippen LogP contribution in [0.4, 0.5) is 0 Å². The number of rotatable bonds is 2. The van der Waals surface area contributed by atoms with Crippen LogP contribution in [0.15, 0.2) is 30.3 Å². The van der Waals surface area contributed by atoms with Gasteiger partial charge in [-0.2, -0.15) is 0 Å². The van der Waals surface area contributed by atoms with E-state index in [2.05, 4.69) is 61.3 Å². The summed E-state index contributed by atoms with van der Waals surface area (Å²) in [5.74, 6) is 0. The van der Waals surface area contributed by atoms with E-state index in [0.717, 1.165) is 26.2 Å². The van der Waals surface area contributed by atoms with Crippen LogP contribution in [0.3, 0.4) is 0 Å². The quantitative estimate of drug-likeness (QED) is 0.843. The summed E-state index contributed by atoms with van der Waals surface area (Å²) in [6, 6.07) is 11.4. The molecular weight excluding hydrogens is 208 g/mol. The van der Waals surface area contributed by atoms with Crippen LogP contribution >= 0.6 is 0 Å². The molecule has 1 N–H and O–H groups in total. The average Bonchev–Trinajstić information content (AvgIpc) is 2.40. The molecule has 0 spiro atoms. The van der Waals surface area contributed by atoms with Gasteiger partial charge in [0.25, 0.3) is 0 Å². The fourth-order valence-corrected chi connectivity index (χ4v) is 2.54. The molecule has 1 unspecified atom stereocenters. The lowest BCUT2D eigenvalue weighted by Gasteiger charge is -2.32. The summed E-state index contributed by atoms with van der Waals surface area (Å²) in [4.78, 5) is 2.59. The summed E-state index contributed by atoms with van der Waals surface area (Å²) >= 11 is 0. The molecule has 0 saturated carbocycles. The minimum absolute atomic E-state index is 0.361. The third kappa shape index (κ3) is 3.55. The van der Waals surface area contributed by atoms with Gasteiger partial charge in [0.05, 0.1) is 0 Å². The summed E-state index contributed by atoms with van der Waals surface area (Å²) in [6.07, 6.45) is 0. The van der Waals surface area contributed by atoms with Crippen LogP contribution in [0.1, 0.15) is 26.3 Å². The van der Waals surface area contributed by atoms with Crippen molar-refractivity contribution in [3.05, 3.63) is 35.9 Å². The molecule has 1 aliphatic heterocycles. The first-order valence-corrected chi connectivity index (χ1v) is 6.55. The first-order chi connectivity index (χ1) is 8.07. The Bertz CT molecular complexity index is 345. The van der Waals surface area contributed by atoms with Gasteiger partial charge in [-0.1, -0.05) is 44.2 Å². The van der Waals surface area contributed by atoms with Crippen molar-refractivity contribution in [2.24, 2.45) is 5.41 Å². The van der Waals surface area contributed by atoms with Crippen molar-refractivity contribution in [3.8, 4) is 0 Å². The van der Waals surface area contributed by atoms with E-state index in [1.807, 2.05) is 0 Å². The lowest BCUT2D eigenvalue weighted by molar-refractivity contribution is 0.158. The molecule has 1 aliphatic rings. The van der Waals surface area contributed by atoms with E-state index in [0.29, 0.717) is 11.5 Å². The molecule has 1 heterocycles. The van der Waals surface area contributed by atoms with Crippen molar-refractivity contribution in [2.75, 3.05) is 19.6 Å². The van der Waals surface area contributed by atoms with Crippen molar-refractivity contribution < 1.29 is 0 Å². The van der Waals surface area contributed by atoms with Gasteiger partial charge in [-0.3, -0.25) is 4.90 Å². The Kier molecular flexibility index (Phi) is 3.85. The second kappa shape index (κ2) is 5.19. The van der Waals surface area contributed by atoms with Gasteiger partial charge in [0, 0.05) is 32.2 Å². The minimum atomic E-state index is 0.361. The van der Waals surface area contributed by atoms with Crippen LogP contribution in [-0.4, -0.2) is 30.6 Å². The molecule has 0 radical (unpaired) electrons. The average molecular weight is 232 g/mol. The molecule has 17 heavy (non-hydrogen) atoms. The predicted molar refractivity (Wildman–Crippen MR) is 73.0 cm³/mol. The van der Waals surface area contributed by atoms with Gasteiger partial charge in [-0.15, -0.1) is 0 Å². The third-order valence-electron chi connectivity index (χ3n) is 3.53. The molecule has 0 bridgehead atoms. The fraction of sp³-hybridized carbons (Fsp3) is 0.600. The summed E-state index contributed by atoms with van der Waals surface area (Å²) in [6.45, 7) is 11.4. The topological polar surface area (TPSA) is 15.3 Å². The van der Waals surface area contributed by atoms with Gasteiger partial charge in [0.2, 0.25) is 0 Å². The summed E-state index contributed by atoms with van der Waals surface area (Å²) in [7, 11) is 0. The molecular formula is C15H24N2. The Morgan fingerprint density at radius 1 is 1.29 bits per heavy atom. The molecule has 2 rings (SSSR count). The lowest BCUT2D eigenvalue weighted by atomic mass is 9.93. The van der Waals surface area contributed by atoms with Gasteiger partial charge in [0.15, 0.2) is 0 Å². The number of nitrogens with zero attached hydrogens (tertiary/aromatic N) is 1. The molecule has 0 aromatic heterocycles. The van der Waals surface area contributed by atoms with E-state index in [1.54, 1.807) is 0 Å². The molecule has 2 nitrogen and oxygen atoms in total. The highest BCUT2D eigenvalue weighted by molar-refractivity contribution is 5.14. The third-order valence-corrected chi connectivity index (χ3v) is 3.53. The van der Waals surface area contributed by atoms with Gasteiger partial charge < -0.3 is 5.32 Å². The Morgan fingerprint density at radius 2 is 2.00 bits per heavy atom. The van der Waals surface area contributed by atoms with Crippen LogP contribution in [0, 0.1) is 5.41 Å². The normalized spacial score (nSPS) is 25.5. The van der Waals surface area contributed by atoms with Crippen LogP contribution < -0.4 is 5.32 Å². The molecule has 1 saturated heterocycles. The maximum absolute atomic E-state index is 3.56. The Hall–Kier alpha value is -0.860. The second-order valence-electron chi connectivity index (χ2n) is 6.03. The number of hydrogen-bond acceptors (Lipinski definition) is 2. The lowest BCUT2D eigenvalue weighted by Crippen LogP contribution is -2.39. The smallest absolute Gasteiger partial charge is 0.0237 e. The number of hydrogen-bond donors (Lipinski definition) is 1. The largest absolute Gasteiger partial charge is 0.315 e. The molecule has 2 heteroatoms. The highest BCUT2D eigenvalue weighted by atomic mass is 15.2. The SMILES string of the molecule is CC1CNCC(C)(C)CN1Cc1ccccc1. The van der Waals surface area contributed by atoms with E-state index in [4.69, 9.17) is 0 Å². The molecule has 0 aliphatic carbocycles. The van der Waals surface area contributed by atoms with Gasteiger partial charge in [0.1, 0.15) is 0 Å². The van der Waals surface area contributed by atoms with Crippen molar-refractivity contribution in [1.29, 1.82) is 0 Å². The molecule has 0 amide bonds. The molecule has 1 aromatic carbocycles. The maximum Gasteiger partial charge on any atom is 0.0237 e. The summed E-state index contributed by atoms with van der Waals surface area (Å²) in [5, 5.41) is 3.56.